The lowest BCUT2D eigenvalue weighted by Gasteiger charge is -2.17. The highest BCUT2D eigenvalue weighted by Gasteiger charge is 2.21. The molecular weight excluding hydrogens is 482 g/mol. The van der Waals surface area contributed by atoms with E-state index in [1.807, 2.05) is 7.05 Å². The summed E-state index contributed by atoms with van der Waals surface area (Å²) in [6, 6.07) is 6.79. The minimum Gasteiger partial charge on any atom is -0.493 e. The number of likely N-dealkylation sites (N-methyl/N-ethyl adjacent to an activating group) is 1. The molecule has 21 heavy (non-hydrogen) atoms. The van der Waals surface area contributed by atoms with Gasteiger partial charge < -0.3 is 10.1 Å². The van der Waals surface area contributed by atoms with Gasteiger partial charge in [-0.1, -0.05) is 15.9 Å². The zero-order chi connectivity index (χ0) is 15.0. The summed E-state index contributed by atoms with van der Waals surface area (Å²) in [5, 5.41) is 3.42. The smallest absolute Gasteiger partial charge is 0.125 e. The molecule has 1 atom stereocenters. The number of benzene rings is 1. The summed E-state index contributed by atoms with van der Waals surface area (Å²) in [6.45, 7) is 0.791. The second kappa shape index (κ2) is 6.71. The highest BCUT2D eigenvalue weighted by molar-refractivity contribution is 9.13. The van der Waals surface area contributed by atoms with Crippen LogP contribution in [0.3, 0.4) is 0 Å². The van der Waals surface area contributed by atoms with Crippen molar-refractivity contribution < 1.29 is 4.74 Å². The SMILES string of the molecule is CNC(Cc1cc(Br)cc2c1OCC2)c1cc(Br)c(Br)s1. The van der Waals surface area contributed by atoms with E-state index < -0.39 is 0 Å². The Morgan fingerprint density at radius 3 is 2.76 bits per heavy atom. The Bertz CT molecular complexity index is 652. The van der Waals surface area contributed by atoms with E-state index in [1.54, 1.807) is 11.3 Å². The summed E-state index contributed by atoms with van der Waals surface area (Å²) < 4.78 is 9.20. The monoisotopic (exact) mass is 493 g/mol. The number of rotatable bonds is 4. The third-order valence-corrected chi connectivity index (χ3v) is 7.43. The molecule has 112 valence electrons. The number of fused-ring (bicyclic) bond motifs is 1. The first-order valence-corrected chi connectivity index (χ1v) is 9.84. The molecule has 2 heterocycles. The minimum absolute atomic E-state index is 0.278. The largest absolute Gasteiger partial charge is 0.493 e. The van der Waals surface area contributed by atoms with Crippen molar-refractivity contribution in [2.45, 2.75) is 18.9 Å². The molecule has 2 aromatic rings. The van der Waals surface area contributed by atoms with Crippen LogP contribution in [0.15, 0.2) is 30.9 Å². The average Bonchev–Trinajstić information content (AvgIpc) is 3.03. The fourth-order valence-electron chi connectivity index (χ4n) is 2.60. The lowest BCUT2D eigenvalue weighted by atomic mass is 10.0. The maximum Gasteiger partial charge on any atom is 0.125 e. The van der Waals surface area contributed by atoms with Gasteiger partial charge in [0.25, 0.3) is 0 Å². The van der Waals surface area contributed by atoms with E-state index >= 15 is 0 Å². The van der Waals surface area contributed by atoms with Gasteiger partial charge in [0.05, 0.1) is 10.4 Å². The molecule has 0 saturated carbocycles. The molecule has 0 saturated heterocycles. The summed E-state index contributed by atoms with van der Waals surface area (Å²) in [5.41, 5.74) is 2.57. The molecule has 0 bridgehead atoms. The van der Waals surface area contributed by atoms with E-state index in [9.17, 15) is 0 Å². The van der Waals surface area contributed by atoms with Crippen molar-refractivity contribution in [3.63, 3.8) is 0 Å². The van der Waals surface area contributed by atoms with E-state index in [1.165, 1.54) is 16.0 Å². The van der Waals surface area contributed by atoms with Crippen LogP contribution in [0.4, 0.5) is 0 Å². The Labute approximate surface area is 153 Å². The van der Waals surface area contributed by atoms with Gasteiger partial charge in [0, 0.05) is 26.3 Å². The van der Waals surface area contributed by atoms with Crippen molar-refractivity contribution in [2.75, 3.05) is 13.7 Å². The van der Waals surface area contributed by atoms with Crippen molar-refractivity contribution in [1.29, 1.82) is 0 Å². The highest BCUT2D eigenvalue weighted by Crippen LogP contribution is 2.39. The first-order chi connectivity index (χ1) is 10.1. The molecule has 0 radical (unpaired) electrons. The number of ether oxygens (including phenoxy) is 1. The molecular formula is C15H14Br3NOS. The molecule has 1 N–H and O–H groups in total. The Hall–Kier alpha value is 0.120. The van der Waals surface area contributed by atoms with Crippen LogP contribution in [-0.4, -0.2) is 13.7 Å². The zero-order valence-electron chi connectivity index (χ0n) is 11.4. The quantitative estimate of drug-likeness (QED) is 0.607. The summed E-state index contributed by atoms with van der Waals surface area (Å²) in [4.78, 5) is 1.31. The molecule has 1 aliphatic rings. The zero-order valence-corrected chi connectivity index (χ0v) is 17.0. The van der Waals surface area contributed by atoms with Gasteiger partial charge in [-0.3, -0.25) is 0 Å². The van der Waals surface area contributed by atoms with Gasteiger partial charge in [0.15, 0.2) is 0 Å². The van der Waals surface area contributed by atoms with Crippen molar-refractivity contribution in [3.8, 4) is 5.75 Å². The molecule has 1 unspecified atom stereocenters. The Morgan fingerprint density at radius 1 is 1.29 bits per heavy atom. The number of halogens is 3. The summed E-state index contributed by atoms with van der Waals surface area (Å²) in [5.74, 6) is 1.08. The number of thiophene rings is 1. The topological polar surface area (TPSA) is 21.3 Å². The maximum atomic E-state index is 5.83. The number of nitrogens with one attached hydrogen (secondary N) is 1. The lowest BCUT2D eigenvalue weighted by molar-refractivity contribution is 0.352. The van der Waals surface area contributed by atoms with Crippen molar-refractivity contribution in [1.82, 2.24) is 5.32 Å². The Kier molecular flexibility index (Phi) is 5.11. The van der Waals surface area contributed by atoms with Gasteiger partial charge in [0.1, 0.15) is 5.75 Å². The van der Waals surface area contributed by atoms with Crippen LogP contribution in [0.5, 0.6) is 5.75 Å². The van der Waals surface area contributed by atoms with E-state index in [0.29, 0.717) is 0 Å². The summed E-state index contributed by atoms with van der Waals surface area (Å²) in [6.07, 6.45) is 1.92. The van der Waals surface area contributed by atoms with Crippen LogP contribution in [0.1, 0.15) is 22.0 Å². The van der Waals surface area contributed by atoms with Crippen LogP contribution in [0.25, 0.3) is 0 Å². The molecule has 0 fully saturated rings. The van der Waals surface area contributed by atoms with Crippen LogP contribution in [0, 0.1) is 0 Å². The fraction of sp³-hybridized carbons (Fsp3) is 0.333. The van der Waals surface area contributed by atoms with Crippen LogP contribution >= 0.6 is 59.1 Å². The first kappa shape index (κ1) is 16.0. The van der Waals surface area contributed by atoms with Gasteiger partial charge in [-0.05, 0) is 74.7 Å². The average molecular weight is 496 g/mol. The molecule has 2 nitrogen and oxygen atoms in total. The van der Waals surface area contributed by atoms with Crippen molar-refractivity contribution >= 4 is 59.1 Å². The van der Waals surface area contributed by atoms with E-state index in [2.05, 4.69) is 71.3 Å². The molecule has 3 rings (SSSR count). The molecule has 0 spiro atoms. The Morgan fingerprint density at radius 2 is 2.10 bits per heavy atom. The molecule has 0 amide bonds. The third-order valence-electron chi connectivity index (χ3n) is 3.61. The first-order valence-electron chi connectivity index (χ1n) is 6.64. The van der Waals surface area contributed by atoms with E-state index in [-0.39, 0.29) is 6.04 Å². The molecule has 1 aromatic carbocycles. The molecule has 6 heteroatoms. The van der Waals surface area contributed by atoms with Crippen molar-refractivity contribution in [2.24, 2.45) is 0 Å². The van der Waals surface area contributed by atoms with Gasteiger partial charge in [-0.25, -0.2) is 0 Å². The van der Waals surface area contributed by atoms with Gasteiger partial charge in [-0.2, -0.15) is 0 Å². The van der Waals surface area contributed by atoms with E-state index in [4.69, 9.17) is 4.74 Å². The molecule has 0 aliphatic carbocycles. The van der Waals surface area contributed by atoms with Gasteiger partial charge >= 0.3 is 0 Å². The second-order valence-corrected chi connectivity index (χ2v) is 9.14. The van der Waals surface area contributed by atoms with Crippen molar-refractivity contribution in [3.05, 3.63) is 46.9 Å². The minimum atomic E-state index is 0.278. The summed E-state index contributed by atoms with van der Waals surface area (Å²) in [7, 11) is 2.01. The second-order valence-electron chi connectivity index (χ2n) is 4.97. The van der Waals surface area contributed by atoms with Crippen LogP contribution in [0.2, 0.25) is 0 Å². The standard InChI is InChI=1S/C15H14Br3NOS/c1-19-12(13-7-11(17)15(18)21-13)6-9-5-10(16)4-8-2-3-20-14(8)9/h4-5,7,12,19H,2-3,6H2,1H3. The third kappa shape index (κ3) is 3.39. The highest BCUT2D eigenvalue weighted by atomic mass is 79.9. The van der Waals surface area contributed by atoms with Gasteiger partial charge in [0.2, 0.25) is 0 Å². The maximum absolute atomic E-state index is 5.83. The number of hydrogen-bond donors (Lipinski definition) is 1. The molecule has 1 aliphatic heterocycles. The fourth-order valence-corrected chi connectivity index (χ4v) is 5.35. The van der Waals surface area contributed by atoms with Gasteiger partial charge in [-0.15, -0.1) is 11.3 Å². The normalized spacial score (nSPS) is 14.9. The lowest BCUT2D eigenvalue weighted by Crippen LogP contribution is -2.18. The van der Waals surface area contributed by atoms with E-state index in [0.717, 1.165) is 37.9 Å². The van der Waals surface area contributed by atoms with Crippen LogP contribution in [-0.2, 0) is 12.8 Å². The molecule has 1 aromatic heterocycles. The number of hydrogen-bond acceptors (Lipinski definition) is 3. The summed E-state index contributed by atoms with van der Waals surface area (Å²) >= 11 is 12.5. The predicted octanol–water partition coefficient (Wildman–Crippen LogP) is 5.47. The van der Waals surface area contributed by atoms with Crippen LogP contribution < -0.4 is 10.1 Å². The predicted molar refractivity (Wildman–Crippen MR) is 98.6 cm³/mol. The Balaban J connectivity index is 1.91.